The quantitative estimate of drug-likeness (QED) is 0.353. The summed E-state index contributed by atoms with van der Waals surface area (Å²) in [5.74, 6) is 0.714. The van der Waals surface area contributed by atoms with Crippen LogP contribution in [0.15, 0.2) is 72.8 Å². The molecule has 1 heterocycles. The summed E-state index contributed by atoms with van der Waals surface area (Å²) in [6, 6.07) is 25.4. The van der Waals surface area contributed by atoms with Gasteiger partial charge in [-0.2, -0.15) is 5.26 Å². The molecular weight excluding hydrogens is 388 g/mol. The molecule has 4 aromatic rings. The van der Waals surface area contributed by atoms with Gasteiger partial charge in [0.25, 0.3) is 0 Å². The first-order chi connectivity index (χ1) is 13.7. The summed E-state index contributed by atoms with van der Waals surface area (Å²) in [5.41, 5.74) is 3.28. The Balaban J connectivity index is 1.62. The molecule has 3 nitrogen and oxygen atoms in total. The van der Waals surface area contributed by atoms with Crippen LogP contribution in [-0.4, -0.2) is 4.98 Å². The minimum atomic E-state index is 0.422. The molecule has 0 aliphatic rings. The van der Waals surface area contributed by atoms with Crippen molar-refractivity contribution < 1.29 is 4.74 Å². The van der Waals surface area contributed by atoms with Crippen molar-refractivity contribution in [1.29, 1.82) is 5.26 Å². The van der Waals surface area contributed by atoms with Gasteiger partial charge in [0.1, 0.15) is 23.4 Å². The summed E-state index contributed by atoms with van der Waals surface area (Å²) in [4.78, 5) is 4.59. The lowest BCUT2D eigenvalue weighted by molar-refractivity contribution is 0.305. The third kappa shape index (κ3) is 4.07. The van der Waals surface area contributed by atoms with E-state index in [9.17, 15) is 5.26 Å². The van der Waals surface area contributed by atoms with Gasteiger partial charge in [-0.25, -0.2) is 4.98 Å². The molecule has 0 spiro atoms. The van der Waals surface area contributed by atoms with Crippen LogP contribution in [0.4, 0.5) is 0 Å². The highest BCUT2D eigenvalue weighted by Gasteiger charge is 2.10. The maximum absolute atomic E-state index is 9.69. The zero-order valence-electron chi connectivity index (χ0n) is 14.8. The van der Waals surface area contributed by atoms with Gasteiger partial charge in [0.15, 0.2) is 0 Å². The van der Waals surface area contributed by atoms with E-state index in [1.165, 1.54) is 11.3 Å². The van der Waals surface area contributed by atoms with Crippen molar-refractivity contribution in [3.05, 3.63) is 94.0 Å². The Hall–Kier alpha value is -3.13. The average molecular weight is 403 g/mol. The van der Waals surface area contributed by atoms with Gasteiger partial charge in [0, 0.05) is 10.6 Å². The van der Waals surface area contributed by atoms with E-state index in [0.717, 1.165) is 21.3 Å². The molecule has 0 saturated heterocycles. The molecule has 28 heavy (non-hydrogen) atoms. The SMILES string of the molecule is N#C/C(=C\c1ccccc1OCc1ccc(Cl)cc1)c1nc2ccccc2s1. The van der Waals surface area contributed by atoms with Crippen LogP contribution in [0.3, 0.4) is 0 Å². The smallest absolute Gasteiger partial charge is 0.135 e. The van der Waals surface area contributed by atoms with Crippen molar-refractivity contribution in [2.45, 2.75) is 6.61 Å². The van der Waals surface area contributed by atoms with Gasteiger partial charge in [0.2, 0.25) is 0 Å². The summed E-state index contributed by atoms with van der Waals surface area (Å²) >= 11 is 7.44. The number of nitrogens with zero attached hydrogens (tertiary/aromatic N) is 2. The maximum atomic E-state index is 9.69. The van der Waals surface area contributed by atoms with Gasteiger partial charge in [-0.15, -0.1) is 11.3 Å². The van der Waals surface area contributed by atoms with Crippen molar-refractivity contribution in [2.75, 3.05) is 0 Å². The largest absolute Gasteiger partial charge is 0.488 e. The number of para-hydroxylation sites is 2. The van der Waals surface area contributed by atoms with Crippen LogP contribution in [0.5, 0.6) is 5.75 Å². The third-order valence-electron chi connectivity index (χ3n) is 4.17. The lowest BCUT2D eigenvalue weighted by atomic mass is 10.1. The highest BCUT2D eigenvalue weighted by Crippen LogP contribution is 2.30. The Kier molecular flexibility index (Phi) is 5.38. The van der Waals surface area contributed by atoms with Gasteiger partial charge in [-0.3, -0.25) is 0 Å². The topological polar surface area (TPSA) is 45.9 Å². The van der Waals surface area contributed by atoms with Crippen LogP contribution < -0.4 is 4.74 Å². The molecule has 0 N–H and O–H groups in total. The van der Waals surface area contributed by atoms with Crippen LogP contribution in [0.2, 0.25) is 5.02 Å². The molecule has 0 bridgehead atoms. The van der Waals surface area contributed by atoms with Crippen LogP contribution in [0, 0.1) is 11.3 Å². The van der Waals surface area contributed by atoms with Crippen LogP contribution >= 0.6 is 22.9 Å². The predicted molar refractivity (Wildman–Crippen MR) is 115 cm³/mol. The van der Waals surface area contributed by atoms with Crippen molar-refractivity contribution in [3.63, 3.8) is 0 Å². The van der Waals surface area contributed by atoms with Gasteiger partial charge in [-0.1, -0.05) is 54.1 Å². The van der Waals surface area contributed by atoms with Gasteiger partial charge < -0.3 is 4.74 Å². The normalized spacial score (nSPS) is 11.4. The van der Waals surface area contributed by atoms with Gasteiger partial charge in [0.05, 0.1) is 15.8 Å². The molecule has 0 aliphatic heterocycles. The van der Waals surface area contributed by atoms with E-state index in [1.54, 1.807) is 0 Å². The molecule has 0 fully saturated rings. The number of hydrogen-bond donors (Lipinski definition) is 0. The number of allylic oxidation sites excluding steroid dienone is 1. The average Bonchev–Trinajstić information content (AvgIpc) is 3.16. The molecule has 0 saturated carbocycles. The monoisotopic (exact) mass is 402 g/mol. The molecular formula is C23H15ClN2OS. The van der Waals surface area contributed by atoms with Crippen molar-refractivity contribution in [3.8, 4) is 11.8 Å². The van der Waals surface area contributed by atoms with Gasteiger partial charge >= 0.3 is 0 Å². The molecule has 3 aromatic carbocycles. The first-order valence-corrected chi connectivity index (χ1v) is 9.86. The molecule has 5 heteroatoms. The lowest BCUT2D eigenvalue weighted by Gasteiger charge is -2.09. The number of thiazole rings is 1. The fourth-order valence-electron chi connectivity index (χ4n) is 2.76. The van der Waals surface area contributed by atoms with E-state index in [-0.39, 0.29) is 0 Å². The molecule has 0 amide bonds. The van der Waals surface area contributed by atoms with Crippen molar-refractivity contribution in [2.24, 2.45) is 0 Å². The van der Waals surface area contributed by atoms with Crippen LogP contribution in [0.1, 0.15) is 16.1 Å². The Bertz CT molecular complexity index is 1160. The summed E-state index contributed by atoms with van der Waals surface area (Å²) in [6.45, 7) is 0.422. The summed E-state index contributed by atoms with van der Waals surface area (Å²) < 4.78 is 7.05. The van der Waals surface area contributed by atoms with Crippen molar-refractivity contribution >= 4 is 44.8 Å². The number of aromatic nitrogens is 1. The van der Waals surface area contributed by atoms with Crippen molar-refractivity contribution in [1.82, 2.24) is 4.98 Å². The zero-order valence-corrected chi connectivity index (χ0v) is 16.4. The summed E-state index contributed by atoms with van der Waals surface area (Å²) in [7, 11) is 0. The molecule has 1 aromatic heterocycles. The highest BCUT2D eigenvalue weighted by molar-refractivity contribution is 7.19. The number of benzene rings is 3. The maximum Gasteiger partial charge on any atom is 0.135 e. The molecule has 0 aliphatic carbocycles. The molecule has 0 unspecified atom stereocenters. The van der Waals surface area contributed by atoms with E-state index >= 15 is 0 Å². The minimum Gasteiger partial charge on any atom is -0.488 e. The third-order valence-corrected chi connectivity index (χ3v) is 5.49. The minimum absolute atomic E-state index is 0.422. The standard InChI is InChI=1S/C23H15ClN2OS/c24-19-11-9-16(10-12-19)15-27-21-7-3-1-5-17(21)13-18(14-25)23-26-20-6-2-4-8-22(20)28-23/h1-13H,15H2/b18-13+. The fraction of sp³-hybridized carbons (Fsp3) is 0.0435. The number of hydrogen-bond acceptors (Lipinski definition) is 4. The number of nitriles is 1. The number of halogens is 1. The Morgan fingerprint density at radius 2 is 1.79 bits per heavy atom. The summed E-state index contributed by atoms with van der Waals surface area (Å²) in [5, 5.41) is 11.1. The second-order valence-corrected chi connectivity index (χ2v) is 7.58. The first-order valence-electron chi connectivity index (χ1n) is 8.67. The zero-order chi connectivity index (χ0) is 19.3. The van der Waals surface area contributed by atoms with E-state index in [1.807, 2.05) is 78.9 Å². The molecule has 4 rings (SSSR count). The number of fused-ring (bicyclic) bond motifs is 1. The molecule has 0 atom stereocenters. The number of ether oxygens (including phenoxy) is 1. The summed E-state index contributed by atoms with van der Waals surface area (Å²) in [6.07, 6.45) is 1.83. The highest BCUT2D eigenvalue weighted by atomic mass is 35.5. The second kappa shape index (κ2) is 8.26. The van der Waals surface area contributed by atoms with Gasteiger partial charge in [-0.05, 0) is 42.0 Å². The Morgan fingerprint density at radius 3 is 2.57 bits per heavy atom. The second-order valence-electron chi connectivity index (χ2n) is 6.11. The van der Waals surface area contributed by atoms with E-state index < -0.39 is 0 Å². The lowest BCUT2D eigenvalue weighted by Crippen LogP contribution is -1.97. The van der Waals surface area contributed by atoms with E-state index in [4.69, 9.17) is 16.3 Å². The van der Waals surface area contributed by atoms with E-state index in [2.05, 4.69) is 11.1 Å². The van der Waals surface area contributed by atoms with Crippen LogP contribution in [-0.2, 0) is 6.61 Å². The van der Waals surface area contributed by atoms with E-state index in [0.29, 0.717) is 28.0 Å². The van der Waals surface area contributed by atoms with Crippen LogP contribution in [0.25, 0.3) is 21.9 Å². The Morgan fingerprint density at radius 1 is 1.04 bits per heavy atom. The molecule has 0 radical (unpaired) electrons. The number of rotatable bonds is 5. The fourth-order valence-corrected chi connectivity index (χ4v) is 3.82. The predicted octanol–water partition coefficient (Wildman–Crippen LogP) is 6.59. The molecule has 136 valence electrons. The Labute approximate surface area is 172 Å². The first kappa shape index (κ1) is 18.2.